The predicted molar refractivity (Wildman–Crippen MR) is 124 cm³/mol. The molecule has 3 heterocycles. The van der Waals surface area contributed by atoms with Crippen LogP contribution in [0.3, 0.4) is 0 Å². The first-order chi connectivity index (χ1) is 16.2. The fourth-order valence-corrected chi connectivity index (χ4v) is 4.14. The zero-order valence-corrected chi connectivity index (χ0v) is 19.7. The van der Waals surface area contributed by atoms with Gasteiger partial charge in [-0.15, -0.1) is 0 Å². The maximum Gasteiger partial charge on any atom is 0.247 e. The number of hydrogen-bond acceptors (Lipinski definition) is 7. The summed E-state index contributed by atoms with van der Waals surface area (Å²) in [5, 5.41) is 10.4. The Kier molecular flexibility index (Phi) is 6.36. The van der Waals surface area contributed by atoms with Crippen molar-refractivity contribution in [2.45, 2.75) is 39.9 Å². The maximum atomic E-state index is 14.0. The van der Waals surface area contributed by atoms with Crippen LogP contribution >= 0.6 is 0 Å². The summed E-state index contributed by atoms with van der Waals surface area (Å²) in [5.74, 6) is -0.787. The van der Waals surface area contributed by atoms with E-state index in [1.54, 1.807) is 17.1 Å². The number of hydrogen-bond donors (Lipinski definition) is 2. The molecule has 1 aliphatic heterocycles. The minimum Gasteiger partial charge on any atom is -0.491 e. The molecule has 1 atom stereocenters. The number of aryl methyl sites for hydroxylation is 1. The van der Waals surface area contributed by atoms with Gasteiger partial charge >= 0.3 is 0 Å². The summed E-state index contributed by atoms with van der Waals surface area (Å²) in [5.41, 5.74) is 2.54. The number of halogens is 2. The Morgan fingerprint density at radius 3 is 2.56 bits per heavy atom. The molecule has 0 fully saturated rings. The van der Waals surface area contributed by atoms with Gasteiger partial charge in [-0.05, 0) is 30.5 Å². The molecule has 1 aliphatic rings. The monoisotopic (exact) mass is 471 g/mol. The molecule has 180 valence electrons. The van der Waals surface area contributed by atoms with Crippen LogP contribution in [0.15, 0.2) is 24.5 Å². The lowest BCUT2D eigenvalue weighted by Crippen LogP contribution is -2.49. The third-order valence-corrected chi connectivity index (χ3v) is 5.71. The van der Waals surface area contributed by atoms with Crippen LogP contribution in [0, 0.1) is 24.5 Å². The smallest absolute Gasteiger partial charge is 0.247 e. The number of nitrogens with zero attached hydrogens (tertiary/aromatic N) is 5. The molecule has 0 spiro atoms. The number of methoxy groups -OCH3 is 1. The number of carbonyl (C=O) groups excluding carboxylic acids is 1. The number of ether oxygens (including phenoxy) is 1. The van der Waals surface area contributed by atoms with Gasteiger partial charge in [-0.2, -0.15) is 10.1 Å². The number of aromatic nitrogens is 4. The normalized spacial score (nSPS) is 15.4. The Morgan fingerprint density at radius 2 is 1.91 bits per heavy atom. The van der Waals surface area contributed by atoms with Crippen LogP contribution < -0.4 is 20.3 Å². The van der Waals surface area contributed by atoms with Gasteiger partial charge in [0.25, 0.3) is 0 Å². The second kappa shape index (κ2) is 9.24. The van der Waals surface area contributed by atoms with Crippen molar-refractivity contribution in [3.05, 3.63) is 53.0 Å². The van der Waals surface area contributed by atoms with Gasteiger partial charge in [-0.3, -0.25) is 9.48 Å². The van der Waals surface area contributed by atoms with Crippen molar-refractivity contribution in [2.75, 3.05) is 29.7 Å². The van der Waals surface area contributed by atoms with Crippen molar-refractivity contribution in [1.82, 2.24) is 19.7 Å². The second-order valence-corrected chi connectivity index (χ2v) is 8.61. The molecule has 0 radical (unpaired) electrons. The standard InChI is InChI=1S/C23H27F2N7O2/c1-12(2)19-22(33)29-18-13(3)28-23(30-21(18)31(19)4)26-8-15-9-27-32(11-15)10-14-6-16(24)20(34-5)17(25)7-14/h6-7,9,11-12,19H,8,10H2,1-5H3,(H,29,33)(H,26,28,30). The lowest BCUT2D eigenvalue weighted by molar-refractivity contribution is -0.118. The molecule has 0 bridgehead atoms. The number of nitrogens with one attached hydrogen (secondary N) is 2. The fraction of sp³-hybridized carbons (Fsp3) is 0.391. The number of carbonyl (C=O) groups is 1. The first-order valence-corrected chi connectivity index (χ1v) is 10.9. The second-order valence-electron chi connectivity index (χ2n) is 8.61. The molecule has 34 heavy (non-hydrogen) atoms. The molecule has 1 amide bonds. The van der Waals surface area contributed by atoms with Crippen LogP contribution in [0.4, 0.5) is 26.2 Å². The topological polar surface area (TPSA) is 97.2 Å². The van der Waals surface area contributed by atoms with Gasteiger partial charge in [0.05, 0.1) is 25.5 Å². The Labute approximate surface area is 196 Å². The molecule has 0 saturated heterocycles. The molecule has 9 nitrogen and oxygen atoms in total. The number of likely N-dealkylation sites (N-methyl/N-ethyl adjacent to an activating group) is 1. The van der Waals surface area contributed by atoms with Crippen LogP contribution in [0.5, 0.6) is 5.75 Å². The van der Waals surface area contributed by atoms with E-state index in [2.05, 4.69) is 25.7 Å². The number of benzene rings is 1. The summed E-state index contributed by atoms with van der Waals surface area (Å²) in [4.78, 5) is 23.4. The zero-order chi connectivity index (χ0) is 24.6. The molecule has 0 saturated carbocycles. The minimum absolute atomic E-state index is 0.0681. The zero-order valence-electron chi connectivity index (χ0n) is 19.7. The van der Waals surface area contributed by atoms with E-state index in [1.165, 1.54) is 19.2 Å². The first-order valence-electron chi connectivity index (χ1n) is 10.9. The highest BCUT2D eigenvalue weighted by atomic mass is 19.1. The molecule has 1 aromatic carbocycles. The van der Waals surface area contributed by atoms with Crippen LogP contribution in [0.25, 0.3) is 0 Å². The van der Waals surface area contributed by atoms with Crippen molar-refractivity contribution in [3.8, 4) is 5.75 Å². The lowest BCUT2D eigenvalue weighted by atomic mass is 9.99. The number of amides is 1. The van der Waals surface area contributed by atoms with E-state index in [0.29, 0.717) is 35.3 Å². The Morgan fingerprint density at radius 1 is 1.21 bits per heavy atom. The molecule has 3 aromatic rings. The van der Waals surface area contributed by atoms with Crippen molar-refractivity contribution < 1.29 is 18.3 Å². The molecule has 2 aromatic heterocycles. The van der Waals surface area contributed by atoms with Crippen molar-refractivity contribution in [2.24, 2.45) is 5.92 Å². The third kappa shape index (κ3) is 4.50. The first kappa shape index (κ1) is 23.4. The van der Waals surface area contributed by atoms with Crippen molar-refractivity contribution >= 4 is 23.4 Å². The van der Waals surface area contributed by atoms with Crippen LogP contribution in [0.1, 0.15) is 30.7 Å². The average Bonchev–Trinajstić information content (AvgIpc) is 3.20. The highest BCUT2D eigenvalue weighted by Gasteiger charge is 2.35. The van der Waals surface area contributed by atoms with E-state index < -0.39 is 17.4 Å². The molecule has 2 N–H and O–H groups in total. The van der Waals surface area contributed by atoms with Gasteiger partial charge in [0.1, 0.15) is 11.7 Å². The summed E-state index contributed by atoms with van der Waals surface area (Å²) >= 11 is 0. The summed E-state index contributed by atoms with van der Waals surface area (Å²) in [6.07, 6.45) is 3.44. The van der Waals surface area contributed by atoms with Crippen LogP contribution in [-0.4, -0.2) is 45.9 Å². The van der Waals surface area contributed by atoms with Crippen molar-refractivity contribution in [1.29, 1.82) is 0 Å². The number of rotatable bonds is 7. The Bertz CT molecular complexity index is 1210. The van der Waals surface area contributed by atoms with Gasteiger partial charge in [0, 0.05) is 25.4 Å². The molecular weight excluding hydrogens is 444 g/mol. The minimum atomic E-state index is -0.757. The highest BCUT2D eigenvalue weighted by Crippen LogP contribution is 2.34. The maximum absolute atomic E-state index is 14.0. The van der Waals surface area contributed by atoms with Crippen molar-refractivity contribution in [3.63, 3.8) is 0 Å². The summed E-state index contributed by atoms with van der Waals surface area (Å²) in [6, 6.07) is 2.14. The van der Waals surface area contributed by atoms with E-state index in [-0.39, 0.29) is 24.4 Å². The quantitative estimate of drug-likeness (QED) is 0.546. The molecule has 0 aliphatic carbocycles. The average molecular weight is 472 g/mol. The van der Waals surface area contributed by atoms with E-state index in [0.717, 1.165) is 5.56 Å². The summed E-state index contributed by atoms with van der Waals surface area (Å²) < 4.78 is 34.2. The molecular formula is C23H27F2N7O2. The lowest BCUT2D eigenvalue weighted by Gasteiger charge is -2.36. The predicted octanol–water partition coefficient (Wildman–Crippen LogP) is 3.34. The van der Waals surface area contributed by atoms with Gasteiger partial charge in [0.2, 0.25) is 11.9 Å². The van der Waals surface area contributed by atoms with E-state index >= 15 is 0 Å². The highest BCUT2D eigenvalue weighted by molar-refractivity contribution is 6.03. The molecule has 1 unspecified atom stereocenters. The van der Waals surface area contributed by atoms with E-state index in [4.69, 9.17) is 4.74 Å². The fourth-order valence-electron chi connectivity index (χ4n) is 4.14. The SMILES string of the molecule is COc1c(F)cc(Cn2cc(CNc3nc(C)c4c(n3)N(C)C(C(C)C)C(=O)N4)cn2)cc1F. The van der Waals surface area contributed by atoms with Gasteiger partial charge in [-0.1, -0.05) is 13.8 Å². The number of anilines is 3. The van der Waals surface area contributed by atoms with E-state index in [9.17, 15) is 13.6 Å². The Balaban J connectivity index is 1.46. The van der Waals surface area contributed by atoms with Gasteiger partial charge < -0.3 is 20.3 Å². The number of fused-ring (bicyclic) bond motifs is 1. The van der Waals surface area contributed by atoms with Gasteiger partial charge in [0.15, 0.2) is 23.2 Å². The van der Waals surface area contributed by atoms with Crippen LogP contribution in [-0.2, 0) is 17.9 Å². The summed E-state index contributed by atoms with van der Waals surface area (Å²) in [7, 11) is 3.08. The largest absolute Gasteiger partial charge is 0.491 e. The Hall–Kier alpha value is -3.76. The molecule has 11 heteroatoms. The van der Waals surface area contributed by atoms with Gasteiger partial charge in [-0.25, -0.2) is 13.8 Å². The third-order valence-electron chi connectivity index (χ3n) is 5.71. The molecule has 4 rings (SSSR count). The van der Waals surface area contributed by atoms with Crippen LogP contribution in [0.2, 0.25) is 0 Å². The van der Waals surface area contributed by atoms with E-state index in [1.807, 2.05) is 32.7 Å². The summed E-state index contributed by atoms with van der Waals surface area (Å²) in [6.45, 7) is 6.40.